The first-order chi connectivity index (χ1) is 16.9. The summed E-state index contributed by atoms with van der Waals surface area (Å²) in [6, 6.07) is 16.3. The Morgan fingerprint density at radius 2 is 1.80 bits per heavy atom. The number of rotatable bonds is 7. The van der Waals surface area contributed by atoms with Gasteiger partial charge in [0.15, 0.2) is 11.5 Å². The highest BCUT2D eigenvalue weighted by molar-refractivity contribution is 6.29. The van der Waals surface area contributed by atoms with E-state index in [2.05, 4.69) is 25.3 Å². The fraction of sp³-hybridized carbons (Fsp3) is 0.192. The highest BCUT2D eigenvalue weighted by Gasteiger charge is 2.22. The van der Waals surface area contributed by atoms with Crippen LogP contribution in [-0.4, -0.2) is 32.4 Å². The van der Waals surface area contributed by atoms with Crippen LogP contribution in [0.2, 0.25) is 5.15 Å². The summed E-state index contributed by atoms with van der Waals surface area (Å²) in [6.07, 6.45) is 1.62. The number of nitrogens with one attached hydrogen (secondary N) is 1. The van der Waals surface area contributed by atoms with Crippen LogP contribution in [0.5, 0.6) is 5.75 Å². The lowest BCUT2D eigenvalue weighted by molar-refractivity contribution is 0.0935. The van der Waals surface area contributed by atoms with Gasteiger partial charge in [-0.15, -0.1) is 0 Å². The monoisotopic (exact) mass is 488 g/mol. The smallest absolute Gasteiger partial charge is 0.274 e. The predicted octanol–water partition coefficient (Wildman–Crippen LogP) is 5.03. The molecule has 1 aromatic carbocycles. The molecule has 35 heavy (non-hydrogen) atoms. The number of carbonyl (C=O) groups excluding carboxylic acids is 1. The van der Waals surface area contributed by atoms with Crippen LogP contribution in [0.3, 0.4) is 0 Å². The number of aromatic nitrogens is 4. The van der Waals surface area contributed by atoms with Crippen LogP contribution < -0.4 is 15.8 Å². The molecule has 9 heteroatoms. The number of hydrogen-bond acceptors (Lipinski definition) is 7. The molecule has 8 nitrogen and oxygen atoms in total. The molecular weight excluding hydrogens is 464 g/mol. The average Bonchev–Trinajstić information content (AvgIpc) is 2.84. The summed E-state index contributed by atoms with van der Waals surface area (Å²) in [5.41, 5.74) is 10.2. The molecule has 3 aromatic heterocycles. The first-order valence-electron chi connectivity index (χ1n) is 11.1. The molecule has 1 amide bonds. The van der Waals surface area contributed by atoms with Crippen molar-refractivity contribution in [3.05, 3.63) is 83.0 Å². The standard InChI is InChI=1S/C26H25ClN6O2/c1-4-35-19-10-11-20(29-14-19)16(3)31-26(34)24-25(28)33-22(17-8-6-5-7-9-17)23(32-24)18-12-15(2)30-21(27)13-18/h5-14,16H,4H2,1-3H3,(H2,28,33)(H,31,34). The van der Waals surface area contributed by atoms with Gasteiger partial charge in [0, 0.05) is 16.8 Å². The summed E-state index contributed by atoms with van der Waals surface area (Å²) in [7, 11) is 0. The zero-order chi connectivity index (χ0) is 24.9. The van der Waals surface area contributed by atoms with Crippen molar-refractivity contribution in [1.82, 2.24) is 25.3 Å². The number of halogens is 1. The second-order valence-electron chi connectivity index (χ2n) is 7.89. The Morgan fingerprint density at radius 3 is 2.46 bits per heavy atom. The molecule has 0 saturated heterocycles. The van der Waals surface area contributed by atoms with Gasteiger partial charge in [-0.05, 0) is 45.0 Å². The van der Waals surface area contributed by atoms with Crippen molar-refractivity contribution in [2.75, 3.05) is 12.3 Å². The van der Waals surface area contributed by atoms with Crippen LogP contribution in [0.15, 0.2) is 60.8 Å². The predicted molar refractivity (Wildman–Crippen MR) is 136 cm³/mol. The molecule has 1 unspecified atom stereocenters. The van der Waals surface area contributed by atoms with E-state index in [0.717, 1.165) is 5.56 Å². The van der Waals surface area contributed by atoms with E-state index in [4.69, 9.17) is 22.1 Å². The van der Waals surface area contributed by atoms with Gasteiger partial charge in [-0.3, -0.25) is 9.78 Å². The Hall–Kier alpha value is -4.04. The maximum Gasteiger partial charge on any atom is 0.274 e. The van der Waals surface area contributed by atoms with Gasteiger partial charge in [0.1, 0.15) is 10.9 Å². The summed E-state index contributed by atoms with van der Waals surface area (Å²) in [6.45, 7) is 6.12. The quantitative estimate of drug-likeness (QED) is 0.350. The number of nitrogens with two attached hydrogens (primary N) is 1. The van der Waals surface area contributed by atoms with Crippen molar-refractivity contribution < 1.29 is 9.53 Å². The van der Waals surface area contributed by atoms with Crippen LogP contribution in [-0.2, 0) is 0 Å². The van der Waals surface area contributed by atoms with Gasteiger partial charge in [0.2, 0.25) is 0 Å². The van der Waals surface area contributed by atoms with Crippen molar-refractivity contribution in [2.45, 2.75) is 26.8 Å². The highest BCUT2D eigenvalue weighted by Crippen LogP contribution is 2.32. The van der Waals surface area contributed by atoms with Crippen molar-refractivity contribution in [2.24, 2.45) is 0 Å². The van der Waals surface area contributed by atoms with Crippen molar-refractivity contribution >= 4 is 23.3 Å². The van der Waals surface area contributed by atoms with E-state index in [1.807, 2.05) is 63.2 Å². The number of carbonyl (C=O) groups is 1. The molecule has 0 spiro atoms. The third-order valence-corrected chi connectivity index (χ3v) is 5.44. The third kappa shape index (κ3) is 5.55. The van der Waals surface area contributed by atoms with E-state index >= 15 is 0 Å². The molecule has 0 fully saturated rings. The molecule has 0 bridgehead atoms. The van der Waals surface area contributed by atoms with E-state index in [-0.39, 0.29) is 11.5 Å². The molecule has 0 aliphatic carbocycles. The number of nitrogen functional groups attached to an aromatic ring is 1. The summed E-state index contributed by atoms with van der Waals surface area (Å²) in [4.78, 5) is 31.0. The lowest BCUT2D eigenvalue weighted by Crippen LogP contribution is -2.29. The lowest BCUT2D eigenvalue weighted by Gasteiger charge is -2.16. The number of ether oxygens (including phenoxy) is 1. The van der Waals surface area contributed by atoms with Crippen molar-refractivity contribution in [3.63, 3.8) is 0 Å². The molecule has 4 rings (SSSR count). The molecule has 3 N–H and O–H groups in total. The molecule has 178 valence electrons. The van der Waals surface area contributed by atoms with E-state index < -0.39 is 11.9 Å². The zero-order valence-electron chi connectivity index (χ0n) is 19.6. The average molecular weight is 489 g/mol. The van der Waals surface area contributed by atoms with Gasteiger partial charge in [0.05, 0.1) is 35.9 Å². The molecule has 3 heterocycles. The van der Waals surface area contributed by atoms with Gasteiger partial charge in [-0.1, -0.05) is 41.9 Å². The first kappa shape index (κ1) is 24.1. The van der Waals surface area contributed by atoms with Crippen LogP contribution in [0, 0.1) is 6.92 Å². The molecule has 0 radical (unpaired) electrons. The van der Waals surface area contributed by atoms with E-state index in [9.17, 15) is 4.79 Å². The number of benzene rings is 1. The SMILES string of the molecule is CCOc1ccc(C(C)NC(=O)c2nc(-c3cc(C)nc(Cl)c3)c(-c3ccccc3)nc2N)nc1. The minimum atomic E-state index is -0.462. The van der Waals surface area contributed by atoms with Crippen LogP contribution >= 0.6 is 11.6 Å². The van der Waals surface area contributed by atoms with Gasteiger partial charge in [-0.25, -0.2) is 15.0 Å². The normalized spacial score (nSPS) is 11.7. The summed E-state index contributed by atoms with van der Waals surface area (Å²) in [5, 5.41) is 3.22. The second kappa shape index (κ2) is 10.5. The Morgan fingerprint density at radius 1 is 1.06 bits per heavy atom. The van der Waals surface area contributed by atoms with Gasteiger partial charge < -0.3 is 15.8 Å². The van der Waals surface area contributed by atoms with Crippen LogP contribution in [0.25, 0.3) is 22.5 Å². The Labute approximate surface area is 208 Å². The largest absolute Gasteiger partial charge is 0.492 e. The Balaban J connectivity index is 1.71. The fourth-order valence-electron chi connectivity index (χ4n) is 3.62. The number of anilines is 1. The number of nitrogens with zero attached hydrogens (tertiary/aromatic N) is 4. The minimum Gasteiger partial charge on any atom is -0.492 e. The minimum absolute atomic E-state index is 0.0167. The van der Waals surface area contributed by atoms with E-state index in [1.165, 1.54) is 0 Å². The summed E-state index contributed by atoms with van der Waals surface area (Å²) < 4.78 is 5.43. The van der Waals surface area contributed by atoms with Gasteiger partial charge in [0.25, 0.3) is 5.91 Å². The topological polar surface area (TPSA) is 116 Å². The maximum atomic E-state index is 13.2. The number of amides is 1. The van der Waals surface area contributed by atoms with Crippen molar-refractivity contribution in [3.8, 4) is 28.3 Å². The molecule has 0 saturated carbocycles. The van der Waals surface area contributed by atoms with Crippen LogP contribution in [0.4, 0.5) is 5.82 Å². The molecule has 1 atom stereocenters. The molecule has 0 aliphatic rings. The fourth-order valence-corrected chi connectivity index (χ4v) is 3.87. The third-order valence-electron chi connectivity index (χ3n) is 5.24. The van der Waals surface area contributed by atoms with Crippen LogP contribution in [0.1, 0.15) is 41.8 Å². The second-order valence-corrected chi connectivity index (χ2v) is 8.27. The van der Waals surface area contributed by atoms with E-state index in [0.29, 0.717) is 45.8 Å². The maximum absolute atomic E-state index is 13.2. The summed E-state index contributed by atoms with van der Waals surface area (Å²) in [5.74, 6) is 0.224. The zero-order valence-corrected chi connectivity index (χ0v) is 20.4. The first-order valence-corrected chi connectivity index (χ1v) is 11.5. The number of hydrogen-bond donors (Lipinski definition) is 2. The molecule has 4 aromatic rings. The number of pyridine rings is 2. The van der Waals surface area contributed by atoms with Crippen molar-refractivity contribution in [1.29, 1.82) is 0 Å². The van der Waals surface area contributed by atoms with E-state index in [1.54, 1.807) is 18.3 Å². The molecule has 0 aliphatic heterocycles. The number of aryl methyl sites for hydroxylation is 1. The Kier molecular flexibility index (Phi) is 7.22. The van der Waals surface area contributed by atoms with Gasteiger partial charge in [-0.2, -0.15) is 0 Å². The summed E-state index contributed by atoms with van der Waals surface area (Å²) >= 11 is 6.22. The Bertz CT molecular complexity index is 1330. The molecular formula is C26H25ClN6O2. The highest BCUT2D eigenvalue weighted by atomic mass is 35.5. The van der Waals surface area contributed by atoms with Gasteiger partial charge >= 0.3 is 0 Å². The lowest BCUT2D eigenvalue weighted by atomic mass is 10.0.